The average Bonchev–Trinajstić information content (AvgIpc) is 2.40. The Morgan fingerprint density at radius 1 is 1.20 bits per heavy atom. The van der Waals surface area contributed by atoms with E-state index in [9.17, 15) is 9.18 Å². The molecule has 0 aliphatic rings. The standard InChI is InChI=1S/C14H11BrClFN2O/c15-12-5-4-10(7-13(12)16)18-8-14(20)19-11-3-1-2-9(17)6-11/h1-7,18H,8H2,(H,19,20). The van der Waals surface area contributed by atoms with Crippen molar-refractivity contribution in [3.05, 3.63) is 57.8 Å². The second kappa shape index (κ2) is 6.72. The first-order valence-corrected chi connectivity index (χ1v) is 6.96. The normalized spacial score (nSPS) is 10.2. The Hall–Kier alpha value is -1.59. The number of rotatable bonds is 4. The molecule has 6 heteroatoms. The van der Waals surface area contributed by atoms with Crippen molar-refractivity contribution in [2.24, 2.45) is 0 Å². The first-order valence-electron chi connectivity index (χ1n) is 5.79. The highest BCUT2D eigenvalue weighted by Crippen LogP contribution is 2.25. The summed E-state index contributed by atoms with van der Waals surface area (Å²) in [6.45, 7) is 0.0640. The minimum Gasteiger partial charge on any atom is -0.376 e. The van der Waals surface area contributed by atoms with E-state index in [4.69, 9.17) is 11.6 Å². The Morgan fingerprint density at radius 3 is 2.70 bits per heavy atom. The lowest BCUT2D eigenvalue weighted by molar-refractivity contribution is -0.114. The molecule has 0 aliphatic heterocycles. The zero-order valence-corrected chi connectivity index (χ0v) is 12.6. The predicted molar refractivity (Wildman–Crippen MR) is 82.7 cm³/mol. The van der Waals surface area contributed by atoms with Gasteiger partial charge in [0.15, 0.2) is 0 Å². The van der Waals surface area contributed by atoms with Crippen LogP contribution >= 0.6 is 27.5 Å². The first-order chi connectivity index (χ1) is 9.54. The average molecular weight is 358 g/mol. The van der Waals surface area contributed by atoms with Gasteiger partial charge in [-0.2, -0.15) is 0 Å². The van der Waals surface area contributed by atoms with E-state index in [1.807, 2.05) is 0 Å². The summed E-state index contributed by atoms with van der Waals surface area (Å²) in [7, 11) is 0. The van der Waals surface area contributed by atoms with E-state index in [1.165, 1.54) is 18.2 Å². The molecule has 0 aliphatic carbocycles. The number of carbonyl (C=O) groups is 1. The van der Waals surface area contributed by atoms with Crippen molar-refractivity contribution < 1.29 is 9.18 Å². The van der Waals surface area contributed by atoms with Crippen LogP contribution in [0.4, 0.5) is 15.8 Å². The lowest BCUT2D eigenvalue weighted by atomic mass is 10.3. The van der Waals surface area contributed by atoms with Gasteiger partial charge in [0.25, 0.3) is 0 Å². The Bertz CT molecular complexity index is 636. The van der Waals surface area contributed by atoms with Gasteiger partial charge >= 0.3 is 0 Å². The van der Waals surface area contributed by atoms with E-state index in [1.54, 1.807) is 24.3 Å². The molecule has 0 heterocycles. The minimum atomic E-state index is -0.393. The molecule has 0 aromatic heterocycles. The van der Waals surface area contributed by atoms with Crippen molar-refractivity contribution in [1.29, 1.82) is 0 Å². The number of anilines is 2. The number of hydrogen-bond acceptors (Lipinski definition) is 2. The summed E-state index contributed by atoms with van der Waals surface area (Å²) in [6, 6.07) is 11.0. The van der Waals surface area contributed by atoms with Gasteiger partial charge in [-0.1, -0.05) is 17.7 Å². The third-order valence-corrected chi connectivity index (χ3v) is 3.71. The Balaban J connectivity index is 1.90. The molecule has 2 N–H and O–H groups in total. The Labute approximate surface area is 129 Å². The fourth-order valence-corrected chi connectivity index (χ4v) is 1.99. The van der Waals surface area contributed by atoms with E-state index >= 15 is 0 Å². The Kier molecular flexibility index (Phi) is 4.98. The number of hydrogen-bond donors (Lipinski definition) is 2. The van der Waals surface area contributed by atoms with Crippen LogP contribution in [-0.2, 0) is 4.79 Å². The third-order valence-electron chi connectivity index (χ3n) is 2.48. The molecule has 2 aromatic rings. The SMILES string of the molecule is O=C(CNc1ccc(Br)c(Cl)c1)Nc1cccc(F)c1. The van der Waals surface area contributed by atoms with Crippen molar-refractivity contribution in [1.82, 2.24) is 0 Å². The highest BCUT2D eigenvalue weighted by Gasteiger charge is 2.04. The fourth-order valence-electron chi connectivity index (χ4n) is 1.56. The number of carbonyl (C=O) groups excluding carboxylic acids is 1. The van der Waals surface area contributed by atoms with E-state index < -0.39 is 5.82 Å². The molecule has 3 nitrogen and oxygen atoms in total. The van der Waals surface area contributed by atoms with Crippen LogP contribution in [0.2, 0.25) is 5.02 Å². The summed E-state index contributed by atoms with van der Waals surface area (Å²) < 4.78 is 13.8. The number of benzene rings is 2. The van der Waals surface area contributed by atoms with Crippen molar-refractivity contribution in [3.8, 4) is 0 Å². The highest BCUT2D eigenvalue weighted by atomic mass is 79.9. The first kappa shape index (κ1) is 14.8. The van der Waals surface area contributed by atoms with E-state index in [0.717, 1.165) is 10.2 Å². The molecule has 2 rings (SSSR count). The molecule has 0 atom stereocenters. The molecule has 0 bridgehead atoms. The molecule has 104 valence electrons. The molecule has 0 radical (unpaired) electrons. The summed E-state index contributed by atoms with van der Waals surface area (Å²) >= 11 is 9.23. The van der Waals surface area contributed by atoms with Crippen molar-refractivity contribution in [3.63, 3.8) is 0 Å². The molecular formula is C14H11BrClFN2O. The van der Waals surface area contributed by atoms with Gasteiger partial charge in [0.1, 0.15) is 5.82 Å². The monoisotopic (exact) mass is 356 g/mol. The highest BCUT2D eigenvalue weighted by molar-refractivity contribution is 9.10. The van der Waals surface area contributed by atoms with Crippen LogP contribution in [0.1, 0.15) is 0 Å². The predicted octanol–water partition coefficient (Wildman–Crippen LogP) is 4.29. The van der Waals surface area contributed by atoms with Crippen LogP contribution in [0.15, 0.2) is 46.9 Å². The molecule has 2 aromatic carbocycles. The summed E-state index contributed by atoms with van der Waals surface area (Å²) in [6.07, 6.45) is 0. The van der Waals surface area contributed by atoms with Crippen LogP contribution in [0.5, 0.6) is 0 Å². The van der Waals surface area contributed by atoms with Crippen LogP contribution in [0.3, 0.4) is 0 Å². The van der Waals surface area contributed by atoms with Gasteiger partial charge in [0.05, 0.1) is 11.6 Å². The smallest absolute Gasteiger partial charge is 0.243 e. The van der Waals surface area contributed by atoms with Crippen molar-refractivity contribution in [2.45, 2.75) is 0 Å². The minimum absolute atomic E-state index is 0.0640. The van der Waals surface area contributed by atoms with Gasteiger partial charge in [0, 0.05) is 15.8 Å². The van der Waals surface area contributed by atoms with Gasteiger partial charge in [-0.15, -0.1) is 0 Å². The molecule has 0 spiro atoms. The molecule has 0 fully saturated rings. The van der Waals surface area contributed by atoms with Crippen molar-refractivity contribution in [2.75, 3.05) is 17.2 Å². The molecular weight excluding hydrogens is 347 g/mol. The molecule has 0 saturated carbocycles. The summed E-state index contributed by atoms with van der Waals surface area (Å²) in [5.74, 6) is -0.662. The topological polar surface area (TPSA) is 41.1 Å². The number of amides is 1. The van der Waals surface area contributed by atoms with Crippen LogP contribution in [0.25, 0.3) is 0 Å². The maximum absolute atomic E-state index is 13.0. The molecule has 0 unspecified atom stereocenters. The molecule has 0 saturated heterocycles. The zero-order chi connectivity index (χ0) is 14.5. The quantitative estimate of drug-likeness (QED) is 0.857. The number of halogens is 3. The maximum atomic E-state index is 13.0. The maximum Gasteiger partial charge on any atom is 0.243 e. The lowest BCUT2D eigenvalue weighted by Gasteiger charge is -2.08. The summed E-state index contributed by atoms with van der Waals surface area (Å²) in [4.78, 5) is 11.7. The van der Waals surface area contributed by atoms with E-state index in [-0.39, 0.29) is 12.5 Å². The summed E-state index contributed by atoms with van der Waals surface area (Å²) in [5, 5.41) is 6.09. The third kappa shape index (κ3) is 4.21. The van der Waals surface area contributed by atoms with Gasteiger partial charge in [-0.25, -0.2) is 4.39 Å². The number of nitrogens with one attached hydrogen (secondary N) is 2. The fraction of sp³-hybridized carbons (Fsp3) is 0.0714. The second-order valence-corrected chi connectivity index (χ2v) is 5.30. The zero-order valence-electron chi connectivity index (χ0n) is 10.3. The van der Waals surface area contributed by atoms with Gasteiger partial charge in [-0.05, 0) is 52.3 Å². The van der Waals surface area contributed by atoms with E-state index in [2.05, 4.69) is 26.6 Å². The lowest BCUT2D eigenvalue weighted by Crippen LogP contribution is -2.21. The summed E-state index contributed by atoms with van der Waals surface area (Å²) in [5.41, 5.74) is 1.15. The van der Waals surface area contributed by atoms with Crippen LogP contribution < -0.4 is 10.6 Å². The second-order valence-electron chi connectivity index (χ2n) is 4.04. The van der Waals surface area contributed by atoms with Crippen molar-refractivity contribution >= 4 is 44.8 Å². The molecule has 20 heavy (non-hydrogen) atoms. The van der Waals surface area contributed by atoms with Crippen LogP contribution in [-0.4, -0.2) is 12.5 Å². The van der Waals surface area contributed by atoms with Gasteiger partial charge in [0.2, 0.25) is 5.91 Å². The Morgan fingerprint density at radius 2 is 2.00 bits per heavy atom. The largest absolute Gasteiger partial charge is 0.376 e. The van der Waals surface area contributed by atoms with Gasteiger partial charge < -0.3 is 10.6 Å². The molecule has 1 amide bonds. The van der Waals surface area contributed by atoms with E-state index in [0.29, 0.717) is 10.7 Å². The van der Waals surface area contributed by atoms with Gasteiger partial charge in [-0.3, -0.25) is 4.79 Å². The van der Waals surface area contributed by atoms with Crippen LogP contribution in [0, 0.1) is 5.82 Å².